The van der Waals surface area contributed by atoms with E-state index in [1.54, 1.807) is 0 Å². The quantitative estimate of drug-likeness (QED) is 0.655. The molecule has 19 heavy (non-hydrogen) atoms. The molecule has 3 heteroatoms. The number of ether oxygens (including phenoxy) is 1. The molecule has 1 aromatic carbocycles. The lowest BCUT2D eigenvalue weighted by Crippen LogP contribution is -2.39. The molecule has 0 spiro atoms. The molecule has 2 atom stereocenters. The molecule has 1 aliphatic rings. The highest BCUT2D eigenvalue weighted by Gasteiger charge is 2.29. The maximum atomic E-state index is 11.9. The first kappa shape index (κ1) is 14.1. The number of aryl methyl sites for hydroxylation is 1. The summed E-state index contributed by atoms with van der Waals surface area (Å²) in [5, 5.41) is 0. The molecule has 0 aliphatic heterocycles. The lowest BCUT2D eigenvalue weighted by atomic mass is 9.85. The van der Waals surface area contributed by atoms with Gasteiger partial charge in [0.1, 0.15) is 0 Å². The Bertz CT molecular complexity index is 391. The molecule has 2 rings (SSSR count). The van der Waals surface area contributed by atoms with Crippen LogP contribution in [0.15, 0.2) is 30.3 Å². The van der Waals surface area contributed by atoms with Crippen molar-refractivity contribution in [2.45, 2.75) is 44.6 Å². The Morgan fingerprint density at radius 2 is 1.95 bits per heavy atom. The van der Waals surface area contributed by atoms with Crippen LogP contribution in [0, 0.1) is 5.92 Å². The topological polar surface area (TPSA) is 52.3 Å². The fourth-order valence-electron chi connectivity index (χ4n) is 2.65. The Morgan fingerprint density at radius 3 is 2.68 bits per heavy atom. The summed E-state index contributed by atoms with van der Waals surface area (Å²) in [7, 11) is 0. The van der Waals surface area contributed by atoms with E-state index in [-0.39, 0.29) is 17.9 Å². The smallest absolute Gasteiger partial charge is 0.310 e. The van der Waals surface area contributed by atoms with Gasteiger partial charge in [-0.05, 0) is 31.2 Å². The van der Waals surface area contributed by atoms with Crippen molar-refractivity contribution < 1.29 is 9.53 Å². The van der Waals surface area contributed by atoms with Gasteiger partial charge in [0.15, 0.2) is 0 Å². The van der Waals surface area contributed by atoms with E-state index < -0.39 is 0 Å². The second-order valence-corrected chi connectivity index (χ2v) is 5.31. The van der Waals surface area contributed by atoms with Crippen LogP contribution < -0.4 is 5.73 Å². The number of hydrogen-bond acceptors (Lipinski definition) is 3. The summed E-state index contributed by atoms with van der Waals surface area (Å²) in [5.41, 5.74) is 7.26. The third kappa shape index (κ3) is 4.35. The van der Waals surface area contributed by atoms with Gasteiger partial charge in [0, 0.05) is 6.04 Å². The van der Waals surface area contributed by atoms with Crippen LogP contribution in [0.4, 0.5) is 0 Å². The van der Waals surface area contributed by atoms with Crippen molar-refractivity contribution in [3.05, 3.63) is 35.9 Å². The molecule has 0 saturated heterocycles. The predicted octanol–water partition coefficient (Wildman–Crippen LogP) is 2.68. The van der Waals surface area contributed by atoms with Gasteiger partial charge in [-0.25, -0.2) is 0 Å². The van der Waals surface area contributed by atoms with Crippen LogP contribution in [-0.2, 0) is 16.0 Å². The Kier molecular flexibility index (Phi) is 5.40. The summed E-state index contributed by atoms with van der Waals surface area (Å²) >= 11 is 0. The summed E-state index contributed by atoms with van der Waals surface area (Å²) in [6, 6.07) is 10.3. The molecule has 1 saturated carbocycles. The second-order valence-electron chi connectivity index (χ2n) is 5.31. The van der Waals surface area contributed by atoms with Gasteiger partial charge in [0.2, 0.25) is 0 Å². The Balaban J connectivity index is 1.66. The summed E-state index contributed by atoms with van der Waals surface area (Å²) < 4.78 is 5.35. The number of rotatable bonds is 5. The minimum absolute atomic E-state index is 0.00428. The van der Waals surface area contributed by atoms with Crippen LogP contribution >= 0.6 is 0 Å². The summed E-state index contributed by atoms with van der Waals surface area (Å²) in [5.74, 6) is -0.175. The van der Waals surface area contributed by atoms with Gasteiger partial charge < -0.3 is 10.5 Å². The molecule has 0 amide bonds. The van der Waals surface area contributed by atoms with E-state index in [0.717, 1.165) is 38.5 Å². The summed E-state index contributed by atoms with van der Waals surface area (Å²) in [6.45, 7) is 0.497. The molecule has 1 aliphatic carbocycles. The predicted molar refractivity (Wildman–Crippen MR) is 75.7 cm³/mol. The molecule has 0 heterocycles. The van der Waals surface area contributed by atoms with E-state index >= 15 is 0 Å². The first-order valence-corrected chi connectivity index (χ1v) is 7.23. The van der Waals surface area contributed by atoms with Gasteiger partial charge in [0.25, 0.3) is 0 Å². The minimum atomic E-state index is -0.0970. The molecule has 0 bridgehead atoms. The van der Waals surface area contributed by atoms with E-state index in [1.165, 1.54) is 5.56 Å². The number of nitrogens with two attached hydrogens (primary N) is 1. The van der Waals surface area contributed by atoms with Crippen molar-refractivity contribution >= 4 is 5.97 Å². The van der Waals surface area contributed by atoms with Crippen molar-refractivity contribution in [3.63, 3.8) is 0 Å². The first-order chi connectivity index (χ1) is 9.27. The maximum Gasteiger partial charge on any atom is 0.310 e. The summed E-state index contributed by atoms with van der Waals surface area (Å²) in [4.78, 5) is 11.9. The zero-order valence-corrected chi connectivity index (χ0v) is 11.4. The highest BCUT2D eigenvalue weighted by atomic mass is 16.5. The zero-order valence-electron chi connectivity index (χ0n) is 11.4. The molecule has 0 radical (unpaired) electrons. The van der Waals surface area contributed by atoms with Gasteiger partial charge in [-0.2, -0.15) is 0 Å². The number of carbonyl (C=O) groups excluding carboxylic acids is 1. The van der Waals surface area contributed by atoms with E-state index in [2.05, 4.69) is 12.1 Å². The molecule has 104 valence electrons. The molecular weight excluding hydrogens is 238 g/mol. The monoisotopic (exact) mass is 261 g/mol. The van der Waals surface area contributed by atoms with Gasteiger partial charge >= 0.3 is 5.97 Å². The van der Waals surface area contributed by atoms with Crippen LogP contribution in [0.3, 0.4) is 0 Å². The van der Waals surface area contributed by atoms with E-state index in [0.29, 0.717) is 6.61 Å². The lowest BCUT2D eigenvalue weighted by molar-refractivity contribution is -0.150. The van der Waals surface area contributed by atoms with Crippen LogP contribution in [0.25, 0.3) is 0 Å². The van der Waals surface area contributed by atoms with Gasteiger partial charge in [-0.1, -0.05) is 43.2 Å². The van der Waals surface area contributed by atoms with Crippen molar-refractivity contribution in [2.24, 2.45) is 11.7 Å². The van der Waals surface area contributed by atoms with Gasteiger partial charge in [-0.3, -0.25) is 4.79 Å². The molecule has 3 nitrogen and oxygen atoms in total. The summed E-state index contributed by atoms with van der Waals surface area (Å²) in [6.07, 6.45) is 5.89. The molecule has 2 N–H and O–H groups in total. The number of hydrogen-bond donors (Lipinski definition) is 1. The third-order valence-corrected chi connectivity index (χ3v) is 3.82. The maximum absolute atomic E-state index is 11.9. The average molecular weight is 261 g/mol. The van der Waals surface area contributed by atoms with Crippen LogP contribution in [0.1, 0.15) is 37.7 Å². The minimum Gasteiger partial charge on any atom is -0.465 e. The first-order valence-electron chi connectivity index (χ1n) is 7.23. The average Bonchev–Trinajstić information content (AvgIpc) is 2.45. The Morgan fingerprint density at radius 1 is 1.21 bits per heavy atom. The Hall–Kier alpha value is -1.35. The largest absolute Gasteiger partial charge is 0.465 e. The van der Waals surface area contributed by atoms with Crippen LogP contribution in [-0.4, -0.2) is 18.6 Å². The van der Waals surface area contributed by atoms with E-state index in [9.17, 15) is 4.79 Å². The fourth-order valence-corrected chi connectivity index (χ4v) is 2.65. The second kappa shape index (κ2) is 7.29. The normalized spacial score (nSPS) is 23.0. The van der Waals surface area contributed by atoms with Crippen molar-refractivity contribution in [3.8, 4) is 0 Å². The third-order valence-electron chi connectivity index (χ3n) is 3.82. The van der Waals surface area contributed by atoms with E-state index in [1.807, 2.05) is 18.2 Å². The molecule has 2 unspecified atom stereocenters. The van der Waals surface area contributed by atoms with Crippen LogP contribution in [0.2, 0.25) is 0 Å². The molecule has 1 fully saturated rings. The fraction of sp³-hybridized carbons (Fsp3) is 0.562. The van der Waals surface area contributed by atoms with Crippen molar-refractivity contribution in [1.82, 2.24) is 0 Å². The lowest BCUT2D eigenvalue weighted by Gasteiger charge is -2.26. The standard InChI is InChI=1S/C16H23NO2/c17-15-11-5-4-10-14(15)16(18)19-12-6-9-13-7-2-1-3-8-13/h1-3,7-8,14-15H,4-6,9-12,17H2. The highest BCUT2D eigenvalue weighted by molar-refractivity contribution is 5.73. The van der Waals surface area contributed by atoms with Gasteiger partial charge in [-0.15, -0.1) is 0 Å². The van der Waals surface area contributed by atoms with Crippen LogP contribution in [0.5, 0.6) is 0 Å². The Labute approximate surface area is 115 Å². The zero-order chi connectivity index (χ0) is 13.5. The van der Waals surface area contributed by atoms with Crippen molar-refractivity contribution in [1.29, 1.82) is 0 Å². The number of benzene rings is 1. The van der Waals surface area contributed by atoms with E-state index in [4.69, 9.17) is 10.5 Å². The van der Waals surface area contributed by atoms with Crippen molar-refractivity contribution in [2.75, 3.05) is 6.61 Å². The number of carbonyl (C=O) groups is 1. The highest BCUT2D eigenvalue weighted by Crippen LogP contribution is 2.24. The van der Waals surface area contributed by atoms with Gasteiger partial charge in [0.05, 0.1) is 12.5 Å². The SMILES string of the molecule is NC1CCCCC1C(=O)OCCCc1ccccc1. The molecule has 0 aromatic heterocycles. The number of esters is 1. The molecule has 1 aromatic rings. The molecular formula is C16H23NO2.